The third-order valence-corrected chi connectivity index (χ3v) is 6.76. The summed E-state index contributed by atoms with van der Waals surface area (Å²) in [6.07, 6.45) is 0. The molecule has 0 atom stereocenters. The topological polar surface area (TPSA) is 75.7 Å². The Bertz CT molecular complexity index is 1100. The van der Waals surface area contributed by atoms with E-state index in [1.165, 1.54) is 28.4 Å². The summed E-state index contributed by atoms with van der Waals surface area (Å²) in [6, 6.07) is 16.7. The van der Waals surface area contributed by atoms with Crippen LogP contribution in [0, 0.1) is 0 Å². The van der Waals surface area contributed by atoms with Crippen LogP contribution < -0.4 is 9.46 Å². The van der Waals surface area contributed by atoms with Gasteiger partial charge in [0.15, 0.2) is 0 Å². The minimum Gasteiger partial charge on any atom is -0.492 e. The molecule has 30 heavy (non-hydrogen) atoms. The molecule has 9 heteroatoms. The number of halogens is 1. The van der Waals surface area contributed by atoms with E-state index in [0.29, 0.717) is 22.9 Å². The molecule has 158 valence electrons. The molecule has 1 amide bonds. The fourth-order valence-electron chi connectivity index (χ4n) is 2.64. The number of thiophene rings is 1. The van der Waals surface area contributed by atoms with Crippen molar-refractivity contribution in [3.8, 4) is 5.75 Å². The molecule has 0 aliphatic heterocycles. The lowest BCUT2D eigenvalue weighted by atomic mass is 10.2. The Labute approximate surface area is 185 Å². The normalized spacial score (nSPS) is 11.3. The summed E-state index contributed by atoms with van der Waals surface area (Å²) in [7, 11) is -2.09. The predicted octanol–water partition coefficient (Wildman–Crippen LogP) is 4.03. The third kappa shape index (κ3) is 6.06. The Morgan fingerprint density at radius 1 is 1.13 bits per heavy atom. The Hall–Kier alpha value is -2.39. The molecule has 0 saturated heterocycles. The molecule has 0 spiro atoms. The van der Waals surface area contributed by atoms with Gasteiger partial charge in [-0.2, -0.15) is 0 Å². The molecule has 0 unspecified atom stereocenters. The van der Waals surface area contributed by atoms with Crippen molar-refractivity contribution in [2.24, 2.45) is 0 Å². The van der Waals surface area contributed by atoms with Crippen molar-refractivity contribution in [1.29, 1.82) is 0 Å². The number of nitrogens with zero attached hydrogens (tertiary/aromatic N) is 1. The third-order valence-electron chi connectivity index (χ3n) is 4.25. The molecule has 2 aromatic carbocycles. The number of benzene rings is 2. The van der Waals surface area contributed by atoms with Gasteiger partial charge in [-0.3, -0.25) is 4.79 Å². The standard InChI is InChI=1S/C21H21ClN2O4S2/c1-24(10-11-28-18-7-3-6-17(22)14-18)21(25)16-5-2-9-20(13-16)30(26,27)23-15-19-8-4-12-29-19/h2-9,12-14,23H,10-11,15H2,1H3. The molecule has 0 aliphatic rings. The van der Waals surface area contributed by atoms with E-state index in [-0.39, 0.29) is 24.0 Å². The minimum absolute atomic E-state index is 0.0495. The number of likely N-dealkylation sites (N-methyl/N-ethyl adjacent to an activating group) is 1. The largest absolute Gasteiger partial charge is 0.492 e. The Morgan fingerprint density at radius 3 is 2.67 bits per heavy atom. The zero-order valence-electron chi connectivity index (χ0n) is 16.2. The van der Waals surface area contributed by atoms with Gasteiger partial charge in [0.2, 0.25) is 10.0 Å². The van der Waals surface area contributed by atoms with Crippen LogP contribution in [0.3, 0.4) is 0 Å². The molecule has 0 saturated carbocycles. The number of carbonyl (C=O) groups excluding carboxylic acids is 1. The van der Waals surface area contributed by atoms with Gasteiger partial charge < -0.3 is 9.64 Å². The van der Waals surface area contributed by atoms with Crippen molar-refractivity contribution in [3.05, 3.63) is 81.5 Å². The second-order valence-corrected chi connectivity index (χ2v) is 9.70. The number of carbonyl (C=O) groups is 1. The van der Waals surface area contributed by atoms with E-state index in [2.05, 4.69) is 4.72 Å². The predicted molar refractivity (Wildman–Crippen MR) is 119 cm³/mol. The van der Waals surface area contributed by atoms with Crippen LogP contribution in [-0.4, -0.2) is 39.4 Å². The molecule has 6 nitrogen and oxygen atoms in total. The number of nitrogens with one attached hydrogen (secondary N) is 1. The van der Waals surface area contributed by atoms with Crippen molar-refractivity contribution >= 4 is 38.9 Å². The van der Waals surface area contributed by atoms with Crippen LogP contribution in [0.2, 0.25) is 5.02 Å². The first-order valence-corrected chi connectivity index (χ1v) is 11.9. The summed E-state index contributed by atoms with van der Waals surface area (Å²) in [5, 5.41) is 2.46. The van der Waals surface area contributed by atoms with Crippen LogP contribution in [0.15, 0.2) is 70.9 Å². The number of amides is 1. The highest BCUT2D eigenvalue weighted by atomic mass is 35.5. The lowest BCUT2D eigenvalue weighted by molar-refractivity contribution is 0.0773. The van der Waals surface area contributed by atoms with Crippen molar-refractivity contribution in [3.63, 3.8) is 0 Å². The Kier molecular flexibility index (Phi) is 7.49. The minimum atomic E-state index is -3.73. The highest BCUT2D eigenvalue weighted by Gasteiger charge is 2.18. The maximum Gasteiger partial charge on any atom is 0.253 e. The van der Waals surface area contributed by atoms with Crippen molar-refractivity contribution < 1.29 is 17.9 Å². The number of sulfonamides is 1. The van der Waals surface area contributed by atoms with Gasteiger partial charge in [-0.25, -0.2) is 13.1 Å². The van der Waals surface area contributed by atoms with Crippen molar-refractivity contribution in [1.82, 2.24) is 9.62 Å². The Balaban J connectivity index is 1.60. The highest BCUT2D eigenvalue weighted by molar-refractivity contribution is 7.89. The molecule has 1 N–H and O–H groups in total. The summed E-state index contributed by atoms with van der Waals surface area (Å²) in [5.74, 6) is 0.327. The average Bonchev–Trinajstić information content (AvgIpc) is 3.26. The monoisotopic (exact) mass is 464 g/mol. The fraction of sp³-hybridized carbons (Fsp3) is 0.190. The lowest BCUT2D eigenvalue weighted by Gasteiger charge is -2.18. The summed E-state index contributed by atoms with van der Waals surface area (Å²) in [5.41, 5.74) is 0.291. The number of rotatable bonds is 9. The first kappa shape index (κ1) is 22.3. The van der Waals surface area contributed by atoms with Gasteiger partial charge in [0.1, 0.15) is 12.4 Å². The fourth-order valence-corrected chi connectivity index (χ4v) is 4.61. The molecule has 1 heterocycles. The zero-order chi connectivity index (χ0) is 21.6. The number of ether oxygens (including phenoxy) is 1. The molecule has 3 rings (SSSR count). The van der Waals surface area contributed by atoms with E-state index in [1.807, 2.05) is 17.5 Å². The van der Waals surface area contributed by atoms with Gasteiger partial charge in [0, 0.05) is 29.1 Å². The van der Waals surface area contributed by atoms with Crippen LogP contribution in [0.5, 0.6) is 5.75 Å². The highest BCUT2D eigenvalue weighted by Crippen LogP contribution is 2.18. The second-order valence-electron chi connectivity index (χ2n) is 6.46. The SMILES string of the molecule is CN(CCOc1cccc(Cl)c1)C(=O)c1cccc(S(=O)(=O)NCc2cccs2)c1. The van der Waals surface area contributed by atoms with E-state index in [9.17, 15) is 13.2 Å². The van der Waals surface area contributed by atoms with Gasteiger partial charge in [0.05, 0.1) is 11.4 Å². The van der Waals surface area contributed by atoms with Gasteiger partial charge in [-0.15, -0.1) is 11.3 Å². The second kappa shape index (κ2) is 10.1. The van der Waals surface area contributed by atoms with E-state index in [1.54, 1.807) is 43.4 Å². The van der Waals surface area contributed by atoms with Gasteiger partial charge in [0.25, 0.3) is 5.91 Å². The summed E-state index contributed by atoms with van der Waals surface area (Å²) >= 11 is 7.39. The van der Waals surface area contributed by atoms with Crippen LogP contribution in [0.4, 0.5) is 0 Å². The van der Waals surface area contributed by atoms with Crippen LogP contribution >= 0.6 is 22.9 Å². The van der Waals surface area contributed by atoms with E-state index >= 15 is 0 Å². The first-order valence-electron chi connectivity index (χ1n) is 9.11. The summed E-state index contributed by atoms with van der Waals surface area (Å²) in [6.45, 7) is 0.820. The zero-order valence-corrected chi connectivity index (χ0v) is 18.6. The van der Waals surface area contributed by atoms with Gasteiger partial charge >= 0.3 is 0 Å². The quantitative estimate of drug-likeness (QED) is 0.518. The molecule has 0 bridgehead atoms. The van der Waals surface area contributed by atoms with E-state index in [0.717, 1.165) is 4.88 Å². The first-order chi connectivity index (χ1) is 14.3. The van der Waals surface area contributed by atoms with E-state index < -0.39 is 10.0 Å². The Morgan fingerprint density at radius 2 is 1.93 bits per heavy atom. The molecular formula is C21H21ClN2O4S2. The van der Waals surface area contributed by atoms with Crippen molar-refractivity contribution in [2.45, 2.75) is 11.4 Å². The van der Waals surface area contributed by atoms with E-state index in [4.69, 9.17) is 16.3 Å². The average molecular weight is 465 g/mol. The molecular weight excluding hydrogens is 444 g/mol. The van der Waals surface area contributed by atoms with Crippen molar-refractivity contribution in [2.75, 3.05) is 20.2 Å². The van der Waals surface area contributed by atoms with Crippen LogP contribution in [0.25, 0.3) is 0 Å². The lowest BCUT2D eigenvalue weighted by Crippen LogP contribution is -2.31. The van der Waals surface area contributed by atoms with Gasteiger partial charge in [-0.05, 0) is 47.8 Å². The van der Waals surface area contributed by atoms with Gasteiger partial charge in [-0.1, -0.05) is 29.8 Å². The number of hydrogen-bond donors (Lipinski definition) is 1. The summed E-state index contributed by atoms with van der Waals surface area (Å²) < 4.78 is 33.3. The molecule has 1 aromatic heterocycles. The molecule has 0 aliphatic carbocycles. The maximum atomic E-state index is 12.7. The summed E-state index contributed by atoms with van der Waals surface area (Å²) in [4.78, 5) is 15.1. The van der Waals surface area contributed by atoms with Crippen LogP contribution in [-0.2, 0) is 16.6 Å². The molecule has 0 radical (unpaired) electrons. The molecule has 3 aromatic rings. The number of hydrogen-bond acceptors (Lipinski definition) is 5. The smallest absolute Gasteiger partial charge is 0.253 e. The maximum absolute atomic E-state index is 12.7. The van der Waals surface area contributed by atoms with Crippen LogP contribution in [0.1, 0.15) is 15.2 Å². The molecule has 0 fully saturated rings.